The minimum atomic E-state index is -3.66. The number of rotatable bonds is 6. The van der Waals surface area contributed by atoms with Gasteiger partial charge in [-0.05, 0) is 12.3 Å². The Morgan fingerprint density at radius 2 is 2.00 bits per heavy atom. The molecule has 0 saturated carbocycles. The van der Waals surface area contributed by atoms with Crippen LogP contribution in [0.4, 0.5) is 0 Å². The van der Waals surface area contributed by atoms with E-state index in [2.05, 4.69) is 4.52 Å². The summed E-state index contributed by atoms with van der Waals surface area (Å²) in [5.74, 6) is 0.347. The molecule has 0 spiro atoms. The van der Waals surface area contributed by atoms with Crippen LogP contribution in [0.15, 0.2) is 0 Å². The molecule has 0 radical (unpaired) electrons. The third kappa shape index (κ3) is 5.73. The summed E-state index contributed by atoms with van der Waals surface area (Å²) >= 11 is 0. The highest BCUT2D eigenvalue weighted by Crippen LogP contribution is 2.41. The Morgan fingerprint density at radius 1 is 1.50 bits per heavy atom. The summed E-state index contributed by atoms with van der Waals surface area (Å²) in [6.45, 7) is 3.95. The number of hydrogen-bond donors (Lipinski definition) is 3. The first-order valence-electron chi connectivity index (χ1n) is 4.59. The first kappa shape index (κ1) is 14.1. The lowest BCUT2D eigenvalue weighted by molar-refractivity contribution is 0.146. The second-order valence-electron chi connectivity index (χ2n) is 3.86. The molecular formula is C8H20NO4P. The number of hydrogen-bond acceptors (Lipinski definition) is 4. The van der Waals surface area contributed by atoms with Crippen LogP contribution in [0.2, 0.25) is 0 Å². The van der Waals surface area contributed by atoms with Crippen molar-refractivity contribution >= 4 is 7.60 Å². The van der Waals surface area contributed by atoms with E-state index in [1.165, 1.54) is 0 Å². The maximum absolute atomic E-state index is 11.1. The van der Waals surface area contributed by atoms with E-state index in [-0.39, 0.29) is 6.16 Å². The molecule has 0 heterocycles. The van der Waals surface area contributed by atoms with Gasteiger partial charge >= 0.3 is 7.60 Å². The van der Waals surface area contributed by atoms with Crippen LogP contribution >= 0.6 is 7.60 Å². The van der Waals surface area contributed by atoms with Crippen molar-refractivity contribution in [1.29, 1.82) is 0 Å². The second-order valence-corrected chi connectivity index (χ2v) is 5.87. The minimum absolute atomic E-state index is 0.308. The van der Waals surface area contributed by atoms with Crippen molar-refractivity contribution in [2.24, 2.45) is 11.7 Å². The van der Waals surface area contributed by atoms with Gasteiger partial charge in [0, 0.05) is 13.2 Å². The Bertz CT molecular complexity index is 210. The van der Waals surface area contributed by atoms with E-state index in [9.17, 15) is 9.67 Å². The van der Waals surface area contributed by atoms with Crippen LogP contribution in [0, 0.1) is 5.92 Å². The van der Waals surface area contributed by atoms with Gasteiger partial charge in [-0.1, -0.05) is 13.8 Å². The van der Waals surface area contributed by atoms with Crippen LogP contribution in [0.3, 0.4) is 0 Å². The summed E-state index contributed by atoms with van der Waals surface area (Å²) in [6.07, 6.45) is -0.685. The molecule has 0 fully saturated rings. The quantitative estimate of drug-likeness (QED) is 0.574. The molecule has 0 aliphatic rings. The van der Waals surface area contributed by atoms with Crippen molar-refractivity contribution in [2.75, 3.05) is 13.3 Å². The van der Waals surface area contributed by atoms with Gasteiger partial charge in [0.15, 0.2) is 0 Å². The van der Waals surface area contributed by atoms with Crippen molar-refractivity contribution in [3.8, 4) is 0 Å². The van der Waals surface area contributed by atoms with Gasteiger partial charge in [-0.25, -0.2) is 0 Å². The Hall–Kier alpha value is 0.0700. The first-order chi connectivity index (χ1) is 6.28. The van der Waals surface area contributed by atoms with Crippen LogP contribution in [-0.4, -0.2) is 35.4 Å². The Labute approximate surface area is 84.8 Å². The summed E-state index contributed by atoms with van der Waals surface area (Å²) < 4.78 is 15.5. The van der Waals surface area contributed by atoms with Gasteiger partial charge in [-0.2, -0.15) is 0 Å². The first-order valence-corrected chi connectivity index (χ1v) is 6.36. The molecule has 0 aliphatic carbocycles. The van der Waals surface area contributed by atoms with Crippen LogP contribution in [0.1, 0.15) is 20.3 Å². The van der Waals surface area contributed by atoms with E-state index < -0.39 is 19.7 Å². The fraction of sp³-hybridized carbons (Fsp3) is 1.00. The fourth-order valence-corrected chi connectivity index (χ4v) is 2.04. The average molecular weight is 225 g/mol. The summed E-state index contributed by atoms with van der Waals surface area (Å²) in [4.78, 5) is 9.09. The summed E-state index contributed by atoms with van der Waals surface area (Å²) in [5, 5.41) is 9.50. The zero-order chi connectivity index (χ0) is 11.4. The minimum Gasteiger partial charge on any atom is -0.391 e. The Balaban J connectivity index is 4.07. The van der Waals surface area contributed by atoms with Crippen LogP contribution < -0.4 is 5.73 Å². The third-order valence-corrected chi connectivity index (χ3v) is 3.35. The molecule has 4 N–H and O–H groups in total. The molecule has 86 valence electrons. The fourth-order valence-electron chi connectivity index (χ4n) is 1.15. The second kappa shape index (κ2) is 5.83. The monoisotopic (exact) mass is 225 g/mol. The van der Waals surface area contributed by atoms with Gasteiger partial charge in [0.1, 0.15) is 0 Å². The average Bonchev–Trinajstić information content (AvgIpc) is 2.02. The van der Waals surface area contributed by atoms with Crippen LogP contribution in [-0.2, 0) is 9.09 Å². The van der Waals surface area contributed by atoms with E-state index in [0.717, 1.165) is 7.11 Å². The summed E-state index contributed by atoms with van der Waals surface area (Å²) in [7, 11) is -2.52. The van der Waals surface area contributed by atoms with E-state index >= 15 is 0 Å². The molecule has 3 atom stereocenters. The Morgan fingerprint density at radius 3 is 2.36 bits per heavy atom. The van der Waals surface area contributed by atoms with Gasteiger partial charge in [-0.15, -0.1) is 0 Å². The Kier molecular flexibility index (Phi) is 5.86. The number of nitrogens with two attached hydrogens (primary N) is 1. The van der Waals surface area contributed by atoms with E-state index in [0.29, 0.717) is 12.3 Å². The molecule has 6 heteroatoms. The smallest absolute Gasteiger partial charge is 0.330 e. The normalized spacial score (nSPS) is 20.5. The maximum Gasteiger partial charge on any atom is 0.330 e. The highest BCUT2D eigenvalue weighted by molar-refractivity contribution is 7.52. The standard InChI is InChI=1S/C8H20NO4P/c1-6(2)4-7(9)8(10)5-14(11,12)13-3/h6-8,10H,4-5,9H2,1-3H3,(H,11,12)/t7-,8-/m0/s1. The van der Waals surface area contributed by atoms with Gasteiger partial charge in [-0.3, -0.25) is 4.57 Å². The van der Waals surface area contributed by atoms with Crippen molar-refractivity contribution in [2.45, 2.75) is 32.4 Å². The van der Waals surface area contributed by atoms with Crippen LogP contribution in [0.25, 0.3) is 0 Å². The molecule has 0 aromatic rings. The van der Waals surface area contributed by atoms with Gasteiger partial charge < -0.3 is 20.3 Å². The molecular weight excluding hydrogens is 205 g/mol. The number of aliphatic hydroxyl groups excluding tert-OH is 1. The topological polar surface area (TPSA) is 92.8 Å². The van der Waals surface area contributed by atoms with E-state index in [1.807, 2.05) is 13.8 Å². The van der Waals surface area contributed by atoms with Crippen molar-refractivity contribution in [1.82, 2.24) is 0 Å². The molecule has 0 saturated heterocycles. The predicted octanol–water partition coefficient (Wildman–Crippen LogP) is 0.552. The lowest BCUT2D eigenvalue weighted by atomic mass is 10.0. The SMILES string of the molecule is COP(=O)(O)C[C@H](O)[C@@H](N)CC(C)C. The molecule has 0 aromatic carbocycles. The molecule has 1 unspecified atom stereocenters. The van der Waals surface area contributed by atoms with Crippen molar-refractivity contribution in [3.63, 3.8) is 0 Å². The summed E-state index contributed by atoms with van der Waals surface area (Å²) in [5.41, 5.74) is 5.64. The van der Waals surface area contributed by atoms with Gasteiger partial charge in [0.25, 0.3) is 0 Å². The molecule has 14 heavy (non-hydrogen) atoms. The third-order valence-electron chi connectivity index (χ3n) is 1.94. The molecule has 0 aliphatic heterocycles. The molecule has 0 aromatic heterocycles. The van der Waals surface area contributed by atoms with Gasteiger partial charge in [0.05, 0.1) is 12.3 Å². The number of aliphatic hydroxyl groups is 1. The maximum atomic E-state index is 11.1. The van der Waals surface area contributed by atoms with E-state index in [1.54, 1.807) is 0 Å². The predicted molar refractivity (Wildman–Crippen MR) is 55.1 cm³/mol. The highest BCUT2D eigenvalue weighted by Gasteiger charge is 2.26. The molecule has 0 rings (SSSR count). The van der Waals surface area contributed by atoms with Gasteiger partial charge in [0.2, 0.25) is 0 Å². The largest absolute Gasteiger partial charge is 0.391 e. The lowest BCUT2D eigenvalue weighted by Crippen LogP contribution is -2.38. The van der Waals surface area contributed by atoms with Crippen molar-refractivity contribution in [3.05, 3.63) is 0 Å². The zero-order valence-electron chi connectivity index (χ0n) is 8.88. The zero-order valence-corrected chi connectivity index (χ0v) is 9.78. The van der Waals surface area contributed by atoms with E-state index in [4.69, 9.17) is 10.6 Å². The molecule has 0 bridgehead atoms. The highest BCUT2D eigenvalue weighted by atomic mass is 31.2. The van der Waals surface area contributed by atoms with Crippen molar-refractivity contribution < 1.29 is 19.1 Å². The molecule has 0 amide bonds. The molecule has 5 nitrogen and oxygen atoms in total. The van der Waals surface area contributed by atoms with Crippen LogP contribution in [0.5, 0.6) is 0 Å². The lowest BCUT2D eigenvalue weighted by Gasteiger charge is -2.21. The summed E-state index contributed by atoms with van der Waals surface area (Å²) in [6, 6.07) is -0.481.